The molecule has 6 heteroatoms. The fraction of sp³-hybridized carbons (Fsp3) is 0.412. The molecule has 23 heavy (non-hydrogen) atoms. The van der Waals surface area contributed by atoms with Crippen molar-refractivity contribution in [1.82, 2.24) is 14.5 Å². The van der Waals surface area contributed by atoms with Crippen LogP contribution in [0, 0.1) is 6.92 Å². The fourth-order valence-electron chi connectivity index (χ4n) is 2.82. The van der Waals surface area contributed by atoms with Crippen LogP contribution in [0.1, 0.15) is 24.6 Å². The molecule has 0 N–H and O–H groups in total. The monoisotopic (exact) mass is 333 g/mol. The number of amides is 1. The molecule has 0 fully saturated rings. The van der Waals surface area contributed by atoms with Crippen LogP contribution in [0.2, 0.25) is 5.02 Å². The first-order chi connectivity index (χ1) is 11.0. The van der Waals surface area contributed by atoms with E-state index in [0.29, 0.717) is 17.3 Å². The maximum atomic E-state index is 12.7. The maximum Gasteiger partial charge on any atom is 0.263 e. The van der Waals surface area contributed by atoms with Crippen LogP contribution in [0.4, 0.5) is 0 Å². The smallest absolute Gasteiger partial charge is 0.263 e. The highest BCUT2D eigenvalue weighted by molar-refractivity contribution is 6.30. The van der Waals surface area contributed by atoms with Crippen molar-refractivity contribution in [2.45, 2.75) is 39.5 Å². The van der Waals surface area contributed by atoms with Gasteiger partial charge in [0.2, 0.25) is 0 Å². The molecule has 122 valence electrons. The van der Waals surface area contributed by atoms with Gasteiger partial charge in [-0.15, -0.1) is 0 Å². The summed E-state index contributed by atoms with van der Waals surface area (Å²) in [6.07, 6.45) is 4.02. The van der Waals surface area contributed by atoms with E-state index in [1.54, 1.807) is 19.1 Å². The standard InChI is InChI=1S/C17H20ClN3O2/c1-12-8-14(18)4-5-16(12)23-13(2)17(22)20-6-3-7-21-11-19-9-15(21)10-20/h4-5,8-9,11,13H,3,6-7,10H2,1-2H3/t13-/m1/s1. The summed E-state index contributed by atoms with van der Waals surface area (Å²) in [5, 5.41) is 0.662. The number of aromatic nitrogens is 2. The van der Waals surface area contributed by atoms with Crippen molar-refractivity contribution < 1.29 is 9.53 Å². The number of hydrogen-bond donors (Lipinski definition) is 0. The van der Waals surface area contributed by atoms with Crippen molar-refractivity contribution in [3.05, 3.63) is 47.0 Å². The molecule has 2 heterocycles. The molecule has 0 unspecified atom stereocenters. The molecule has 2 aromatic rings. The lowest BCUT2D eigenvalue weighted by Gasteiger charge is -2.24. The molecule has 0 saturated heterocycles. The molecule has 0 spiro atoms. The average Bonchev–Trinajstić information content (AvgIpc) is 2.86. The zero-order valence-corrected chi connectivity index (χ0v) is 14.1. The summed E-state index contributed by atoms with van der Waals surface area (Å²) < 4.78 is 7.95. The van der Waals surface area contributed by atoms with Gasteiger partial charge >= 0.3 is 0 Å². The second kappa shape index (κ2) is 6.62. The Labute approximate surface area is 140 Å². The van der Waals surface area contributed by atoms with Crippen LogP contribution in [-0.2, 0) is 17.9 Å². The summed E-state index contributed by atoms with van der Waals surface area (Å²) in [4.78, 5) is 18.7. The first-order valence-electron chi connectivity index (χ1n) is 7.75. The Hall–Kier alpha value is -2.01. The minimum atomic E-state index is -0.538. The van der Waals surface area contributed by atoms with E-state index in [2.05, 4.69) is 9.55 Å². The van der Waals surface area contributed by atoms with Gasteiger partial charge in [0, 0.05) is 24.3 Å². The minimum Gasteiger partial charge on any atom is -0.481 e. The molecule has 5 nitrogen and oxygen atoms in total. The number of ether oxygens (including phenoxy) is 1. The van der Waals surface area contributed by atoms with Crippen molar-refractivity contribution in [3.63, 3.8) is 0 Å². The number of carbonyl (C=O) groups excluding carboxylic acids is 1. The van der Waals surface area contributed by atoms with Gasteiger partial charge in [-0.3, -0.25) is 4.79 Å². The van der Waals surface area contributed by atoms with Gasteiger partial charge in [0.05, 0.1) is 18.6 Å². The van der Waals surface area contributed by atoms with Crippen LogP contribution in [0.25, 0.3) is 0 Å². The van der Waals surface area contributed by atoms with Crippen LogP contribution >= 0.6 is 11.6 Å². The van der Waals surface area contributed by atoms with E-state index in [0.717, 1.165) is 30.8 Å². The van der Waals surface area contributed by atoms with Crippen LogP contribution in [0.15, 0.2) is 30.7 Å². The van der Waals surface area contributed by atoms with Gasteiger partial charge in [-0.2, -0.15) is 0 Å². The molecular weight excluding hydrogens is 314 g/mol. The predicted octanol–water partition coefficient (Wildman–Crippen LogP) is 3.04. The third kappa shape index (κ3) is 3.50. The average molecular weight is 334 g/mol. The highest BCUT2D eigenvalue weighted by Crippen LogP contribution is 2.23. The van der Waals surface area contributed by atoms with E-state index in [4.69, 9.17) is 16.3 Å². The molecule has 1 atom stereocenters. The zero-order chi connectivity index (χ0) is 16.4. The van der Waals surface area contributed by atoms with Gasteiger partial charge in [-0.1, -0.05) is 11.6 Å². The molecule has 1 aromatic heterocycles. The molecule has 0 radical (unpaired) electrons. The number of hydrogen-bond acceptors (Lipinski definition) is 3. The number of rotatable bonds is 3. The van der Waals surface area contributed by atoms with E-state index in [-0.39, 0.29) is 5.91 Å². The number of aryl methyl sites for hydroxylation is 2. The molecular formula is C17H20ClN3O2. The normalized spacial score (nSPS) is 15.7. The van der Waals surface area contributed by atoms with Crippen molar-refractivity contribution in [1.29, 1.82) is 0 Å². The SMILES string of the molecule is Cc1cc(Cl)ccc1O[C@H](C)C(=O)N1CCCn2cncc2C1. The second-order valence-corrected chi connectivity index (χ2v) is 6.30. The maximum absolute atomic E-state index is 12.7. The van der Waals surface area contributed by atoms with Crippen LogP contribution < -0.4 is 4.74 Å². The van der Waals surface area contributed by atoms with Gasteiger partial charge in [-0.05, 0) is 44.0 Å². The van der Waals surface area contributed by atoms with E-state index in [9.17, 15) is 4.79 Å². The first kappa shape index (κ1) is 15.9. The van der Waals surface area contributed by atoms with Crippen molar-refractivity contribution in [2.75, 3.05) is 6.54 Å². The number of imidazole rings is 1. The lowest BCUT2D eigenvalue weighted by molar-refractivity contribution is -0.138. The molecule has 1 aliphatic heterocycles. The summed E-state index contributed by atoms with van der Waals surface area (Å²) in [6.45, 7) is 5.91. The van der Waals surface area contributed by atoms with Gasteiger partial charge in [-0.25, -0.2) is 4.98 Å². The number of nitrogens with zero attached hydrogens (tertiary/aromatic N) is 3. The third-order valence-electron chi connectivity index (χ3n) is 4.08. The van der Waals surface area contributed by atoms with E-state index in [1.165, 1.54) is 0 Å². The fourth-order valence-corrected chi connectivity index (χ4v) is 3.05. The van der Waals surface area contributed by atoms with Crippen LogP contribution in [0.3, 0.4) is 0 Å². The van der Waals surface area contributed by atoms with Crippen molar-refractivity contribution >= 4 is 17.5 Å². The lowest BCUT2D eigenvalue weighted by atomic mass is 10.2. The Kier molecular flexibility index (Phi) is 4.57. The number of benzene rings is 1. The summed E-state index contributed by atoms with van der Waals surface area (Å²) in [7, 11) is 0. The Morgan fingerprint density at radius 3 is 3.00 bits per heavy atom. The van der Waals surface area contributed by atoms with Gasteiger partial charge < -0.3 is 14.2 Å². The summed E-state index contributed by atoms with van der Waals surface area (Å²) >= 11 is 5.95. The molecule has 1 amide bonds. The molecule has 1 aliphatic rings. The first-order valence-corrected chi connectivity index (χ1v) is 8.13. The van der Waals surface area contributed by atoms with Crippen LogP contribution in [-0.4, -0.2) is 33.0 Å². The van der Waals surface area contributed by atoms with E-state index < -0.39 is 6.10 Å². The highest BCUT2D eigenvalue weighted by Gasteiger charge is 2.25. The Bertz CT molecular complexity index is 714. The Morgan fingerprint density at radius 1 is 1.39 bits per heavy atom. The third-order valence-corrected chi connectivity index (χ3v) is 4.31. The van der Waals surface area contributed by atoms with Crippen LogP contribution in [0.5, 0.6) is 5.75 Å². The van der Waals surface area contributed by atoms with E-state index >= 15 is 0 Å². The van der Waals surface area contributed by atoms with Gasteiger partial charge in [0.15, 0.2) is 6.10 Å². The summed E-state index contributed by atoms with van der Waals surface area (Å²) in [5.74, 6) is 0.684. The Balaban J connectivity index is 1.69. The number of carbonyl (C=O) groups is 1. The molecule has 0 aliphatic carbocycles. The lowest BCUT2D eigenvalue weighted by Crippen LogP contribution is -2.40. The second-order valence-electron chi connectivity index (χ2n) is 5.86. The number of fused-ring (bicyclic) bond motifs is 1. The van der Waals surface area contributed by atoms with Crippen molar-refractivity contribution in [3.8, 4) is 5.75 Å². The summed E-state index contributed by atoms with van der Waals surface area (Å²) in [5.41, 5.74) is 1.98. The molecule has 1 aromatic carbocycles. The Morgan fingerprint density at radius 2 is 2.22 bits per heavy atom. The zero-order valence-electron chi connectivity index (χ0n) is 13.3. The highest BCUT2D eigenvalue weighted by atomic mass is 35.5. The predicted molar refractivity (Wildman–Crippen MR) is 88.5 cm³/mol. The topological polar surface area (TPSA) is 47.4 Å². The van der Waals surface area contributed by atoms with Gasteiger partial charge in [0.1, 0.15) is 5.75 Å². The largest absolute Gasteiger partial charge is 0.481 e. The van der Waals surface area contributed by atoms with Gasteiger partial charge in [0.25, 0.3) is 5.91 Å². The number of halogens is 1. The molecule has 0 bridgehead atoms. The quantitative estimate of drug-likeness (QED) is 0.867. The minimum absolute atomic E-state index is 0.00556. The molecule has 0 saturated carbocycles. The van der Waals surface area contributed by atoms with E-state index in [1.807, 2.05) is 30.4 Å². The van der Waals surface area contributed by atoms with Crippen molar-refractivity contribution in [2.24, 2.45) is 0 Å². The molecule has 3 rings (SSSR count). The summed E-state index contributed by atoms with van der Waals surface area (Å²) in [6, 6.07) is 5.41.